The van der Waals surface area contributed by atoms with Crippen LogP contribution >= 0.6 is 0 Å². The third-order valence-corrected chi connectivity index (χ3v) is 4.79. The molecule has 0 aliphatic carbocycles. The Labute approximate surface area is 84.9 Å². The van der Waals surface area contributed by atoms with Crippen LogP contribution in [0.15, 0.2) is 35.2 Å². The van der Waals surface area contributed by atoms with Gasteiger partial charge < -0.3 is 5.73 Å². The first-order chi connectivity index (χ1) is 6.42. The zero-order valence-electron chi connectivity index (χ0n) is 8.40. The Kier molecular flexibility index (Phi) is 2.97. The van der Waals surface area contributed by atoms with E-state index in [1.165, 1.54) is 0 Å². The predicted molar refractivity (Wildman–Crippen MR) is 56.8 cm³/mol. The molecule has 0 spiro atoms. The molecule has 0 aromatic heterocycles. The molecule has 0 saturated heterocycles. The van der Waals surface area contributed by atoms with Gasteiger partial charge in [0.2, 0.25) is 0 Å². The highest BCUT2D eigenvalue weighted by molar-refractivity contribution is 7.92. The molecule has 0 bridgehead atoms. The minimum Gasteiger partial charge on any atom is -0.329 e. The summed E-state index contributed by atoms with van der Waals surface area (Å²) in [6.45, 7) is 3.38. The zero-order chi connectivity index (χ0) is 10.8. The average molecular weight is 213 g/mol. The summed E-state index contributed by atoms with van der Waals surface area (Å²) in [6.07, 6.45) is 0. The summed E-state index contributed by atoms with van der Waals surface area (Å²) < 4.78 is 23.1. The van der Waals surface area contributed by atoms with E-state index in [0.717, 1.165) is 0 Å². The van der Waals surface area contributed by atoms with Gasteiger partial charge in [-0.3, -0.25) is 0 Å². The second kappa shape index (κ2) is 3.71. The maximum absolute atomic E-state index is 12.0. The topological polar surface area (TPSA) is 60.2 Å². The third-order valence-electron chi connectivity index (χ3n) is 2.27. The van der Waals surface area contributed by atoms with Gasteiger partial charge in [0.15, 0.2) is 9.84 Å². The summed E-state index contributed by atoms with van der Waals surface area (Å²) in [4.78, 5) is 0.329. The molecule has 78 valence electrons. The molecule has 0 saturated carbocycles. The summed E-state index contributed by atoms with van der Waals surface area (Å²) in [5, 5.41) is 0. The van der Waals surface area contributed by atoms with Gasteiger partial charge in [0.1, 0.15) is 0 Å². The van der Waals surface area contributed by atoms with Crippen LogP contribution in [0, 0.1) is 0 Å². The molecule has 0 amide bonds. The number of rotatable bonds is 3. The molecule has 1 aromatic carbocycles. The normalized spacial score (nSPS) is 12.8. The van der Waals surface area contributed by atoms with Crippen LogP contribution in [0.5, 0.6) is 0 Å². The minimum absolute atomic E-state index is 0.115. The van der Waals surface area contributed by atoms with E-state index in [1.807, 2.05) is 0 Å². The summed E-state index contributed by atoms with van der Waals surface area (Å²) in [5.74, 6) is 0. The number of sulfone groups is 1. The second-order valence-corrected chi connectivity index (χ2v) is 6.36. The standard InChI is InChI=1S/C10H15NO2S/c1-10(2,8-11)14(12,13)9-6-4-3-5-7-9/h3-7H,8,11H2,1-2H3. The smallest absolute Gasteiger partial charge is 0.184 e. The fourth-order valence-corrected chi connectivity index (χ4v) is 2.40. The first-order valence-electron chi connectivity index (χ1n) is 4.41. The van der Waals surface area contributed by atoms with E-state index >= 15 is 0 Å². The lowest BCUT2D eigenvalue weighted by atomic mass is 10.2. The van der Waals surface area contributed by atoms with Crippen molar-refractivity contribution in [3.05, 3.63) is 30.3 Å². The SMILES string of the molecule is CC(C)(CN)S(=O)(=O)c1ccccc1. The van der Waals surface area contributed by atoms with Gasteiger partial charge in [-0.2, -0.15) is 0 Å². The van der Waals surface area contributed by atoms with Crippen molar-refractivity contribution >= 4 is 9.84 Å². The van der Waals surface area contributed by atoms with E-state index in [-0.39, 0.29) is 6.54 Å². The summed E-state index contributed by atoms with van der Waals surface area (Å²) in [5.41, 5.74) is 5.45. The fraction of sp³-hybridized carbons (Fsp3) is 0.400. The van der Waals surface area contributed by atoms with Gasteiger partial charge in [-0.1, -0.05) is 18.2 Å². The maximum atomic E-state index is 12.0. The second-order valence-electron chi connectivity index (χ2n) is 3.78. The van der Waals surface area contributed by atoms with E-state index in [9.17, 15) is 8.42 Å². The Morgan fingerprint density at radius 1 is 1.21 bits per heavy atom. The van der Waals surface area contributed by atoms with E-state index in [4.69, 9.17) is 5.73 Å². The summed E-state index contributed by atoms with van der Waals surface area (Å²) >= 11 is 0. The Balaban J connectivity index is 3.23. The molecule has 0 unspecified atom stereocenters. The largest absolute Gasteiger partial charge is 0.329 e. The van der Waals surface area contributed by atoms with Crippen LogP contribution in [0.1, 0.15) is 13.8 Å². The first kappa shape index (κ1) is 11.2. The molecule has 1 aromatic rings. The molecular formula is C10H15NO2S. The van der Waals surface area contributed by atoms with Crippen LogP contribution in [0.3, 0.4) is 0 Å². The lowest BCUT2D eigenvalue weighted by Crippen LogP contribution is -2.39. The highest BCUT2D eigenvalue weighted by atomic mass is 32.2. The van der Waals surface area contributed by atoms with Crippen molar-refractivity contribution in [2.75, 3.05) is 6.54 Å². The maximum Gasteiger partial charge on any atom is 0.184 e. The lowest BCUT2D eigenvalue weighted by molar-refractivity contribution is 0.549. The molecule has 2 N–H and O–H groups in total. The molecule has 0 heterocycles. The Hall–Kier alpha value is -0.870. The quantitative estimate of drug-likeness (QED) is 0.820. The van der Waals surface area contributed by atoms with Crippen molar-refractivity contribution in [2.24, 2.45) is 5.73 Å². The van der Waals surface area contributed by atoms with E-state index in [0.29, 0.717) is 4.90 Å². The number of hydrogen-bond donors (Lipinski definition) is 1. The van der Waals surface area contributed by atoms with Crippen molar-refractivity contribution in [1.82, 2.24) is 0 Å². The average Bonchev–Trinajstić information content (AvgIpc) is 2.19. The van der Waals surface area contributed by atoms with Crippen LogP contribution in [0.2, 0.25) is 0 Å². The molecule has 0 radical (unpaired) electrons. The van der Waals surface area contributed by atoms with Gasteiger partial charge in [0.05, 0.1) is 9.64 Å². The Morgan fingerprint density at radius 2 is 1.71 bits per heavy atom. The Morgan fingerprint density at radius 3 is 2.14 bits per heavy atom. The van der Waals surface area contributed by atoms with E-state index in [2.05, 4.69) is 0 Å². The van der Waals surface area contributed by atoms with Gasteiger partial charge in [-0.15, -0.1) is 0 Å². The molecule has 0 atom stereocenters. The number of benzene rings is 1. The first-order valence-corrected chi connectivity index (χ1v) is 5.90. The van der Waals surface area contributed by atoms with Crippen molar-refractivity contribution in [2.45, 2.75) is 23.5 Å². The third kappa shape index (κ3) is 1.81. The molecule has 3 nitrogen and oxygen atoms in total. The van der Waals surface area contributed by atoms with Crippen molar-refractivity contribution in [1.29, 1.82) is 0 Å². The van der Waals surface area contributed by atoms with Gasteiger partial charge >= 0.3 is 0 Å². The minimum atomic E-state index is -3.31. The fourth-order valence-electron chi connectivity index (χ4n) is 1.03. The van der Waals surface area contributed by atoms with Gasteiger partial charge in [0, 0.05) is 6.54 Å². The van der Waals surface area contributed by atoms with Crippen molar-refractivity contribution in [3.8, 4) is 0 Å². The van der Waals surface area contributed by atoms with Gasteiger partial charge in [-0.25, -0.2) is 8.42 Å². The van der Waals surface area contributed by atoms with Crippen molar-refractivity contribution < 1.29 is 8.42 Å². The molecule has 14 heavy (non-hydrogen) atoms. The van der Waals surface area contributed by atoms with Crippen LogP contribution in [0.4, 0.5) is 0 Å². The summed E-state index contributed by atoms with van der Waals surface area (Å²) in [7, 11) is -3.31. The molecule has 0 aliphatic rings. The highest BCUT2D eigenvalue weighted by Gasteiger charge is 2.33. The van der Waals surface area contributed by atoms with E-state index in [1.54, 1.807) is 44.2 Å². The van der Waals surface area contributed by atoms with Crippen LogP contribution in [-0.4, -0.2) is 19.7 Å². The van der Waals surface area contributed by atoms with E-state index < -0.39 is 14.6 Å². The zero-order valence-corrected chi connectivity index (χ0v) is 9.21. The number of nitrogens with two attached hydrogens (primary N) is 1. The van der Waals surface area contributed by atoms with Crippen LogP contribution < -0.4 is 5.73 Å². The number of hydrogen-bond acceptors (Lipinski definition) is 3. The van der Waals surface area contributed by atoms with Gasteiger partial charge in [0.25, 0.3) is 0 Å². The molecule has 4 heteroatoms. The van der Waals surface area contributed by atoms with Crippen LogP contribution in [-0.2, 0) is 9.84 Å². The van der Waals surface area contributed by atoms with Gasteiger partial charge in [-0.05, 0) is 26.0 Å². The highest BCUT2D eigenvalue weighted by Crippen LogP contribution is 2.23. The summed E-state index contributed by atoms with van der Waals surface area (Å²) in [6, 6.07) is 8.38. The van der Waals surface area contributed by atoms with Crippen molar-refractivity contribution in [3.63, 3.8) is 0 Å². The van der Waals surface area contributed by atoms with Crippen LogP contribution in [0.25, 0.3) is 0 Å². The lowest BCUT2D eigenvalue weighted by Gasteiger charge is -2.22. The molecule has 1 rings (SSSR count). The monoisotopic (exact) mass is 213 g/mol. The Bertz CT molecular complexity index is 395. The predicted octanol–water partition coefficient (Wildman–Crippen LogP) is 1.20. The molecule has 0 aliphatic heterocycles. The molecule has 0 fully saturated rings. The molecular weight excluding hydrogens is 198 g/mol.